The molecule has 0 fully saturated rings. The molecule has 0 saturated heterocycles. The minimum atomic E-state index is 1.28. The zero-order valence-electron chi connectivity index (χ0n) is 6.40. The van der Waals surface area contributed by atoms with Crippen LogP contribution in [0.2, 0.25) is 0 Å². The average molecular weight is 173 g/mol. The summed E-state index contributed by atoms with van der Waals surface area (Å²) in [6, 6.07) is 10.6. The second-order valence-electron chi connectivity index (χ2n) is 2.81. The van der Waals surface area contributed by atoms with Crippen LogP contribution in [0.5, 0.6) is 0 Å². The predicted octanol–water partition coefficient (Wildman–Crippen LogP) is 3.15. The third kappa shape index (κ3) is 0.676. The van der Waals surface area contributed by atoms with Crippen LogP contribution < -0.4 is 0 Å². The normalized spacial score (nSPS) is 11.3. The van der Waals surface area contributed by atoms with E-state index in [0.29, 0.717) is 0 Å². The van der Waals surface area contributed by atoms with Gasteiger partial charge in [-0.25, -0.2) is 0 Å². The van der Waals surface area contributed by atoms with Gasteiger partial charge in [-0.1, -0.05) is 6.07 Å². The summed E-state index contributed by atoms with van der Waals surface area (Å²) in [5.74, 6) is 0. The number of pyridine rings is 1. The number of nitrogens with zero attached hydrogens (tertiary/aromatic N) is 1. The highest BCUT2D eigenvalue weighted by molar-refractivity contribution is 7.17. The Hall–Kier alpha value is -1.28. The summed E-state index contributed by atoms with van der Waals surface area (Å²) in [4.78, 5) is 0. The van der Waals surface area contributed by atoms with Gasteiger partial charge in [-0.05, 0) is 29.6 Å². The Bertz CT molecular complexity index is 532. The Balaban J connectivity index is 2.68. The van der Waals surface area contributed by atoms with Crippen LogP contribution in [0.4, 0.5) is 0 Å². The van der Waals surface area contributed by atoms with Crippen LogP contribution in [0.25, 0.3) is 15.7 Å². The average Bonchev–Trinajstić information content (AvgIpc) is 2.62. The summed E-state index contributed by atoms with van der Waals surface area (Å²) in [6.07, 6.45) is 2.10. The highest BCUT2D eigenvalue weighted by atomic mass is 32.1. The first-order valence-corrected chi connectivity index (χ1v) is 4.76. The molecule has 2 heteroatoms. The van der Waals surface area contributed by atoms with Gasteiger partial charge in [0.1, 0.15) is 0 Å². The standard InChI is InChI=1S/C10H7NS/c1-2-5-11-8(3-1)7-10-9(11)4-6-12-10/h1-7H. The van der Waals surface area contributed by atoms with Gasteiger partial charge in [0, 0.05) is 11.7 Å². The summed E-state index contributed by atoms with van der Waals surface area (Å²) in [7, 11) is 0. The van der Waals surface area contributed by atoms with E-state index in [-0.39, 0.29) is 0 Å². The molecule has 1 nitrogen and oxygen atoms in total. The number of hydrogen-bond acceptors (Lipinski definition) is 1. The van der Waals surface area contributed by atoms with Crippen molar-refractivity contribution in [3.63, 3.8) is 0 Å². The summed E-state index contributed by atoms with van der Waals surface area (Å²) in [5.41, 5.74) is 2.59. The first-order valence-electron chi connectivity index (χ1n) is 3.88. The molecule has 0 unspecified atom stereocenters. The van der Waals surface area contributed by atoms with E-state index in [0.717, 1.165) is 0 Å². The lowest BCUT2D eigenvalue weighted by atomic mass is 10.4. The van der Waals surface area contributed by atoms with Crippen LogP contribution >= 0.6 is 11.3 Å². The minimum absolute atomic E-state index is 1.28. The third-order valence-electron chi connectivity index (χ3n) is 2.10. The van der Waals surface area contributed by atoms with Crippen molar-refractivity contribution in [3.05, 3.63) is 41.9 Å². The maximum Gasteiger partial charge on any atom is 0.0636 e. The fourth-order valence-electron chi connectivity index (χ4n) is 1.55. The van der Waals surface area contributed by atoms with Crippen LogP contribution in [0.15, 0.2) is 41.9 Å². The lowest BCUT2D eigenvalue weighted by Crippen LogP contribution is -1.78. The second kappa shape index (κ2) is 2.11. The van der Waals surface area contributed by atoms with E-state index in [1.165, 1.54) is 15.7 Å². The highest BCUT2D eigenvalue weighted by Crippen LogP contribution is 2.24. The van der Waals surface area contributed by atoms with E-state index in [2.05, 4.69) is 46.3 Å². The van der Waals surface area contributed by atoms with Gasteiger partial charge in [0.15, 0.2) is 0 Å². The van der Waals surface area contributed by atoms with Crippen LogP contribution in [0.3, 0.4) is 0 Å². The lowest BCUT2D eigenvalue weighted by molar-refractivity contribution is 1.26. The summed E-state index contributed by atoms with van der Waals surface area (Å²) < 4.78 is 3.58. The number of aromatic nitrogens is 1. The van der Waals surface area contributed by atoms with E-state index in [4.69, 9.17) is 0 Å². The molecule has 0 saturated carbocycles. The van der Waals surface area contributed by atoms with E-state index in [1.54, 1.807) is 11.3 Å². The largest absolute Gasteiger partial charge is 0.316 e. The Morgan fingerprint density at radius 1 is 1.17 bits per heavy atom. The molecule has 0 aliphatic heterocycles. The molecule has 0 aliphatic carbocycles. The van der Waals surface area contributed by atoms with E-state index in [1.807, 2.05) is 0 Å². The van der Waals surface area contributed by atoms with Crippen molar-refractivity contribution in [3.8, 4) is 0 Å². The number of fused-ring (bicyclic) bond motifs is 3. The predicted molar refractivity (Wildman–Crippen MR) is 52.8 cm³/mol. The first-order chi connectivity index (χ1) is 5.95. The third-order valence-corrected chi connectivity index (χ3v) is 2.96. The summed E-state index contributed by atoms with van der Waals surface area (Å²) >= 11 is 1.79. The minimum Gasteiger partial charge on any atom is -0.316 e. The number of hydrogen-bond donors (Lipinski definition) is 0. The van der Waals surface area contributed by atoms with Crippen molar-refractivity contribution in [1.82, 2.24) is 4.40 Å². The molecule has 3 aromatic heterocycles. The fraction of sp³-hybridized carbons (Fsp3) is 0. The maximum absolute atomic E-state index is 2.22. The van der Waals surface area contributed by atoms with Crippen molar-refractivity contribution in [2.45, 2.75) is 0 Å². The van der Waals surface area contributed by atoms with E-state index < -0.39 is 0 Å². The SMILES string of the molecule is c1ccn2c(c1)cc1sccc12. The lowest BCUT2D eigenvalue weighted by Gasteiger charge is -1.91. The summed E-state index contributed by atoms with van der Waals surface area (Å²) in [5, 5.41) is 2.13. The highest BCUT2D eigenvalue weighted by Gasteiger charge is 2.00. The van der Waals surface area contributed by atoms with Crippen LogP contribution in [0.1, 0.15) is 0 Å². The Kier molecular flexibility index (Phi) is 1.10. The van der Waals surface area contributed by atoms with E-state index in [9.17, 15) is 0 Å². The van der Waals surface area contributed by atoms with Crippen molar-refractivity contribution in [1.29, 1.82) is 0 Å². The fourth-order valence-corrected chi connectivity index (χ4v) is 2.37. The molecule has 3 aromatic rings. The van der Waals surface area contributed by atoms with Crippen molar-refractivity contribution in [2.24, 2.45) is 0 Å². The molecule has 0 atom stereocenters. The zero-order chi connectivity index (χ0) is 7.97. The van der Waals surface area contributed by atoms with Crippen LogP contribution in [-0.4, -0.2) is 4.40 Å². The quantitative estimate of drug-likeness (QED) is 0.492. The van der Waals surface area contributed by atoms with Gasteiger partial charge in [0.2, 0.25) is 0 Å². The molecular formula is C10H7NS. The monoisotopic (exact) mass is 173 g/mol. The zero-order valence-corrected chi connectivity index (χ0v) is 7.21. The summed E-state index contributed by atoms with van der Waals surface area (Å²) in [6.45, 7) is 0. The molecule has 3 rings (SSSR count). The van der Waals surface area contributed by atoms with Crippen LogP contribution in [0, 0.1) is 0 Å². The number of rotatable bonds is 0. The number of thiophene rings is 1. The maximum atomic E-state index is 2.22. The smallest absolute Gasteiger partial charge is 0.0636 e. The van der Waals surface area contributed by atoms with Gasteiger partial charge < -0.3 is 4.40 Å². The Labute approximate surface area is 73.9 Å². The van der Waals surface area contributed by atoms with Gasteiger partial charge in [0.25, 0.3) is 0 Å². The molecule has 0 spiro atoms. The Morgan fingerprint density at radius 2 is 2.17 bits per heavy atom. The molecule has 58 valence electrons. The molecule has 0 aliphatic rings. The van der Waals surface area contributed by atoms with Crippen molar-refractivity contribution in [2.75, 3.05) is 0 Å². The second-order valence-corrected chi connectivity index (χ2v) is 3.76. The topological polar surface area (TPSA) is 4.41 Å². The molecule has 0 amide bonds. The molecular weight excluding hydrogens is 166 g/mol. The molecule has 12 heavy (non-hydrogen) atoms. The van der Waals surface area contributed by atoms with Gasteiger partial charge in [-0.15, -0.1) is 11.3 Å². The molecule has 0 radical (unpaired) electrons. The molecule has 0 bridgehead atoms. The van der Waals surface area contributed by atoms with Gasteiger partial charge in [-0.2, -0.15) is 0 Å². The van der Waals surface area contributed by atoms with Gasteiger partial charge in [0.05, 0.1) is 10.2 Å². The molecule has 0 N–H and O–H groups in total. The first kappa shape index (κ1) is 6.26. The van der Waals surface area contributed by atoms with E-state index >= 15 is 0 Å². The van der Waals surface area contributed by atoms with Crippen molar-refractivity contribution >= 4 is 27.1 Å². The molecule has 3 heterocycles. The Morgan fingerprint density at radius 3 is 3.17 bits per heavy atom. The molecule has 0 aromatic carbocycles. The van der Waals surface area contributed by atoms with Crippen molar-refractivity contribution < 1.29 is 0 Å². The van der Waals surface area contributed by atoms with Crippen LogP contribution in [-0.2, 0) is 0 Å². The van der Waals surface area contributed by atoms with Gasteiger partial charge >= 0.3 is 0 Å². The van der Waals surface area contributed by atoms with Gasteiger partial charge in [-0.3, -0.25) is 0 Å².